The van der Waals surface area contributed by atoms with Gasteiger partial charge in [-0.3, -0.25) is 0 Å². The van der Waals surface area contributed by atoms with E-state index in [4.69, 9.17) is 4.74 Å². The number of ether oxygens (including phenoxy) is 1. The third-order valence-corrected chi connectivity index (χ3v) is 5.04. The molecular formula is C19H39NO. The summed E-state index contributed by atoms with van der Waals surface area (Å²) in [6, 6.07) is 0. The highest BCUT2D eigenvalue weighted by Crippen LogP contribution is 2.29. The van der Waals surface area contributed by atoms with Crippen LogP contribution < -0.4 is 0 Å². The monoisotopic (exact) mass is 297 g/mol. The molecule has 0 N–H and O–H groups in total. The van der Waals surface area contributed by atoms with Crippen molar-refractivity contribution in [1.29, 1.82) is 0 Å². The molecule has 2 fully saturated rings. The maximum Gasteiger partial charge on any atom is 0.0603 e. The average Bonchev–Trinajstić information content (AvgIpc) is 2.49. The molecule has 0 aromatic heterocycles. The van der Waals surface area contributed by atoms with E-state index in [0.717, 1.165) is 11.8 Å². The molecule has 0 bridgehead atoms. The minimum atomic E-state index is 0.392. The Hall–Kier alpha value is -0.0800. The summed E-state index contributed by atoms with van der Waals surface area (Å²) >= 11 is 0. The fraction of sp³-hybridized carbons (Fsp3) is 1.00. The Morgan fingerprint density at radius 3 is 1.86 bits per heavy atom. The molecule has 2 aliphatic rings. The second-order valence-electron chi connectivity index (χ2n) is 7.46. The Bertz CT molecular complexity index is 238. The average molecular weight is 298 g/mol. The molecule has 2 nitrogen and oxygen atoms in total. The van der Waals surface area contributed by atoms with Crippen molar-refractivity contribution >= 4 is 0 Å². The molecule has 0 radical (unpaired) electrons. The molecule has 0 spiro atoms. The number of hydrogen-bond acceptors (Lipinski definition) is 2. The summed E-state index contributed by atoms with van der Waals surface area (Å²) in [4.78, 5) is 2.49. The highest BCUT2D eigenvalue weighted by molar-refractivity contribution is 4.72. The lowest BCUT2D eigenvalue weighted by Crippen LogP contribution is -2.37. The molecule has 1 saturated carbocycles. The van der Waals surface area contributed by atoms with Crippen LogP contribution in [-0.2, 0) is 4.74 Å². The summed E-state index contributed by atoms with van der Waals surface area (Å²) in [6.45, 7) is 14.8. The summed E-state index contributed by atoms with van der Waals surface area (Å²) in [5.41, 5.74) is 0. The lowest BCUT2D eigenvalue weighted by Gasteiger charge is -2.31. The fourth-order valence-corrected chi connectivity index (χ4v) is 3.55. The number of likely N-dealkylation sites (tertiary alicyclic amines) is 1. The van der Waals surface area contributed by atoms with Gasteiger partial charge in [-0.25, -0.2) is 0 Å². The van der Waals surface area contributed by atoms with Crippen molar-refractivity contribution in [3.05, 3.63) is 0 Å². The van der Waals surface area contributed by atoms with E-state index < -0.39 is 0 Å². The quantitative estimate of drug-likeness (QED) is 0.714. The lowest BCUT2D eigenvalue weighted by molar-refractivity contribution is -0.0259. The predicted octanol–water partition coefficient (Wildman–Crippen LogP) is 5.12. The van der Waals surface area contributed by atoms with Gasteiger partial charge in [-0.05, 0) is 45.1 Å². The van der Waals surface area contributed by atoms with Crippen molar-refractivity contribution in [3.63, 3.8) is 0 Å². The minimum absolute atomic E-state index is 0.392. The van der Waals surface area contributed by atoms with E-state index >= 15 is 0 Å². The van der Waals surface area contributed by atoms with Crippen molar-refractivity contribution in [2.24, 2.45) is 11.8 Å². The zero-order valence-electron chi connectivity index (χ0n) is 15.2. The highest BCUT2D eigenvalue weighted by atomic mass is 16.5. The Labute approximate surface area is 133 Å². The molecule has 2 rings (SSSR count). The first-order valence-electron chi connectivity index (χ1n) is 9.40. The molecule has 21 heavy (non-hydrogen) atoms. The van der Waals surface area contributed by atoms with E-state index in [9.17, 15) is 0 Å². The van der Waals surface area contributed by atoms with E-state index in [0.29, 0.717) is 12.2 Å². The molecule has 0 atom stereocenters. The van der Waals surface area contributed by atoms with Crippen molar-refractivity contribution < 1.29 is 4.74 Å². The van der Waals surface area contributed by atoms with Gasteiger partial charge < -0.3 is 9.64 Å². The largest absolute Gasteiger partial charge is 0.375 e. The second kappa shape index (κ2) is 10.6. The van der Waals surface area contributed by atoms with Crippen molar-refractivity contribution in [2.75, 3.05) is 19.6 Å². The Morgan fingerprint density at radius 2 is 1.48 bits per heavy atom. The number of nitrogens with zero attached hydrogens (tertiary/aromatic N) is 1. The van der Waals surface area contributed by atoms with Crippen LogP contribution >= 0.6 is 0 Å². The van der Waals surface area contributed by atoms with E-state index in [-0.39, 0.29) is 0 Å². The smallest absolute Gasteiger partial charge is 0.0603 e. The number of piperidine rings is 1. The lowest BCUT2D eigenvalue weighted by atomic mass is 9.82. The van der Waals surface area contributed by atoms with Gasteiger partial charge >= 0.3 is 0 Å². The summed E-state index contributed by atoms with van der Waals surface area (Å²) in [6.07, 6.45) is 10.8. The molecule has 0 aromatic rings. The van der Waals surface area contributed by atoms with Crippen LogP contribution in [0.4, 0.5) is 0 Å². The van der Waals surface area contributed by atoms with E-state index in [1.807, 2.05) is 0 Å². The van der Waals surface area contributed by atoms with Crippen molar-refractivity contribution in [3.8, 4) is 0 Å². The summed E-state index contributed by atoms with van der Waals surface area (Å²) < 4.78 is 5.76. The molecule has 0 aromatic carbocycles. The van der Waals surface area contributed by atoms with Gasteiger partial charge in [0.25, 0.3) is 0 Å². The second-order valence-corrected chi connectivity index (χ2v) is 7.46. The number of hydrogen-bond donors (Lipinski definition) is 0. The Kier molecular flexibility index (Phi) is 9.59. The molecule has 2 heteroatoms. The molecule has 1 aliphatic carbocycles. The van der Waals surface area contributed by atoms with Crippen LogP contribution in [0.5, 0.6) is 0 Å². The number of rotatable bonds is 4. The van der Waals surface area contributed by atoms with Crippen LogP contribution in [0.1, 0.15) is 79.6 Å². The topological polar surface area (TPSA) is 12.5 Å². The molecular weight excluding hydrogens is 258 g/mol. The van der Waals surface area contributed by atoms with E-state index in [2.05, 4.69) is 39.5 Å². The third kappa shape index (κ3) is 8.21. The van der Waals surface area contributed by atoms with Crippen molar-refractivity contribution in [2.45, 2.75) is 91.8 Å². The van der Waals surface area contributed by atoms with Crippen LogP contribution in [-0.4, -0.2) is 36.7 Å². The first kappa shape index (κ1) is 19.0. The first-order chi connectivity index (χ1) is 10.0. The SMILES string of the molecule is CC(C)C1CCCCC1.CCN1CCC(OC(C)C)CC1. The Balaban J connectivity index is 0.000000219. The van der Waals surface area contributed by atoms with Gasteiger partial charge in [0.15, 0.2) is 0 Å². The molecule has 0 unspecified atom stereocenters. The van der Waals surface area contributed by atoms with Gasteiger partial charge in [0, 0.05) is 13.1 Å². The molecule has 1 aliphatic heterocycles. The minimum Gasteiger partial charge on any atom is -0.375 e. The zero-order chi connectivity index (χ0) is 15.7. The maximum atomic E-state index is 5.76. The van der Waals surface area contributed by atoms with E-state index in [1.165, 1.54) is 64.6 Å². The fourth-order valence-electron chi connectivity index (χ4n) is 3.55. The molecule has 0 amide bonds. The van der Waals surface area contributed by atoms with Gasteiger partial charge in [-0.15, -0.1) is 0 Å². The van der Waals surface area contributed by atoms with Gasteiger partial charge in [0.05, 0.1) is 12.2 Å². The predicted molar refractivity (Wildman–Crippen MR) is 92.8 cm³/mol. The maximum absolute atomic E-state index is 5.76. The Morgan fingerprint density at radius 1 is 0.905 bits per heavy atom. The zero-order valence-corrected chi connectivity index (χ0v) is 15.2. The van der Waals surface area contributed by atoms with E-state index in [1.54, 1.807) is 0 Å². The van der Waals surface area contributed by atoms with Gasteiger partial charge in [-0.2, -0.15) is 0 Å². The van der Waals surface area contributed by atoms with Crippen LogP contribution in [0, 0.1) is 11.8 Å². The summed E-state index contributed by atoms with van der Waals surface area (Å²) in [5.74, 6) is 1.99. The van der Waals surface area contributed by atoms with Crippen molar-refractivity contribution in [1.82, 2.24) is 4.90 Å². The van der Waals surface area contributed by atoms with Gasteiger partial charge in [-0.1, -0.05) is 52.9 Å². The van der Waals surface area contributed by atoms with Crippen LogP contribution in [0.3, 0.4) is 0 Å². The standard InChI is InChI=1S/C10H21NO.C9H18/c1-4-11-7-5-10(6-8-11)12-9(2)3;1-8(2)9-6-4-3-5-7-9/h9-10H,4-8H2,1-3H3;8-9H,3-7H2,1-2H3. The molecule has 126 valence electrons. The third-order valence-electron chi connectivity index (χ3n) is 5.04. The van der Waals surface area contributed by atoms with Gasteiger partial charge in [0.1, 0.15) is 0 Å². The molecule has 1 heterocycles. The van der Waals surface area contributed by atoms with Crippen LogP contribution in [0.2, 0.25) is 0 Å². The summed E-state index contributed by atoms with van der Waals surface area (Å²) in [7, 11) is 0. The van der Waals surface area contributed by atoms with Gasteiger partial charge in [0.2, 0.25) is 0 Å². The molecule has 1 saturated heterocycles. The normalized spacial score (nSPS) is 22.4. The summed E-state index contributed by atoms with van der Waals surface area (Å²) in [5, 5.41) is 0. The first-order valence-corrected chi connectivity index (χ1v) is 9.40. The van der Waals surface area contributed by atoms with Crippen LogP contribution in [0.25, 0.3) is 0 Å². The highest BCUT2D eigenvalue weighted by Gasteiger charge is 2.19. The van der Waals surface area contributed by atoms with Crippen LogP contribution in [0.15, 0.2) is 0 Å².